The zero-order chi connectivity index (χ0) is 34.6. The van der Waals surface area contributed by atoms with E-state index in [2.05, 4.69) is 18.3 Å². The van der Waals surface area contributed by atoms with Gasteiger partial charge in [-0.25, -0.2) is 9.78 Å². The number of ether oxygens (including phenoxy) is 4. The summed E-state index contributed by atoms with van der Waals surface area (Å²) in [4.78, 5) is 48.3. The highest BCUT2D eigenvalue weighted by Crippen LogP contribution is 2.41. The summed E-state index contributed by atoms with van der Waals surface area (Å²) in [7, 11) is 0. The van der Waals surface area contributed by atoms with Gasteiger partial charge >= 0.3 is 17.9 Å². The summed E-state index contributed by atoms with van der Waals surface area (Å²) < 4.78 is 22.5. The van der Waals surface area contributed by atoms with Gasteiger partial charge in [0, 0.05) is 5.92 Å². The summed E-state index contributed by atoms with van der Waals surface area (Å²) in [6, 6.07) is 0. The quantitative estimate of drug-likeness (QED) is 0.104. The van der Waals surface area contributed by atoms with Gasteiger partial charge in [-0.1, -0.05) is 12.8 Å². The van der Waals surface area contributed by atoms with Crippen LogP contribution >= 0.6 is 0 Å². The highest BCUT2D eigenvalue weighted by molar-refractivity contribution is 5.81. The normalized spacial score (nSPS) is 35.4. The molecule has 2 N–H and O–H groups in total. The Morgan fingerprint density at radius 1 is 0.571 bits per heavy atom. The second kappa shape index (κ2) is 18.7. The van der Waals surface area contributed by atoms with Crippen LogP contribution in [0.3, 0.4) is 0 Å². The number of esters is 1. The summed E-state index contributed by atoms with van der Waals surface area (Å²) in [6.45, 7) is 0.206. The van der Waals surface area contributed by atoms with Crippen LogP contribution in [-0.4, -0.2) is 65.2 Å². The molecule has 0 aromatic carbocycles. The van der Waals surface area contributed by atoms with Crippen LogP contribution in [0.15, 0.2) is 0 Å². The van der Waals surface area contributed by atoms with Crippen LogP contribution in [0.1, 0.15) is 122 Å². The Morgan fingerprint density at radius 3 is 1.73 bits per heavy atom. The van der Waals surface area contributed by atoms with Gasteiger partial charge in [0.15, 0.2) is 12.2 Å². The lowest BCUT2D eigenvalue weighted by molar-refractivity contribution is -0.338. The molecule has 0 heterocycles. The number of carboxylic acids is 2. The molecule has 0 amide bonds. The van der Waals surface area contributed by atoms with Crippen molar-refractivity contribution < 1.29 is 53.3 Å². The largest absolute Gasteiger partial charge is 0.481 e. The first-order valence-electron chi connectivity index (χ1n) is 18.7. The van der Waals surface area contributed by atoms with E-state index in [0.29, 0.717) is 43.9 Å². The molecule has 0 radical (unpaired) electrons. The smallest absolute Gasteiger partial charge is 0.310 e. The molecule has 0 aromatic rings. The van der Waals surface area contributed by atoms with Gasteiger partial charge in [0.25, 0.3) is 0 Å². The Labute approximate surface area is 290 Å². The number of carboxylic acid groups (broad SMARTS) is 2. The summed E-state index contributed by atoms with van der Waals surface area (Å²) in [5, 5.41) is 19.4. The fourth-order valence-electron chi connectivity index (χ4n) is 8.94. The van der Waals surface area contributed by atoms with Crippen LogP contribution in [0, 0.1) is 60.3 Å². The van der Waals surface area contributed by atoms with Crippen molar-refractivity contribution in [2.45, 2.75) is 153 Å². The second-order valence-corrected chi connectivity index (χ2v) is 15.0. The Hall–Kier alpha value is -3.15. The number of hydrogen-bond donors (Lipinski definition) is 2. The Balaban J connectivity index is 0.981. The average Bonchev–Trinajstić information content (AvgIpc) is 3.11. The van der Waals surface area contributed by atoms with Crippen LogP contribution in [0.5, 0.6) is 0 Å². The molecule has 11 nitrogen and oxygen atoms in total. The van der Waals surface area contributed by atoms with Crippen LogP contribution < -0.4 is 0 Å². The molecule has 0 bridgehead atoms. The van der Waals surface area contributed by atoms with Gasteiger partial charge in [0.05, 0.1) is 30.5 Å². The predicted octanol–water partition coefficient (Wildman–Crippen LogP) is 6.23. The topological polar surface area (TPSA) is 147 Å². The van der Waals surface area contributed by atoms with Gasteiger partial charge < -0.3 is 29.2 Å². The number of hydrogen-bond acceptors (Lipinski definition) is 9. The minimum absolute atomic E-state index is 0.0183. The molecule has 272 valence electrons. The minimum Gasteiger partial charge on any atom is -0.481 e. The molecule has 0 aromatic heterocycles. The number of carbonyl (C=O) groups excluding carboxylic acids is 1. The van der Waals surface area contributed by atoms with E-state index in [1.807, 2.05) is 0 Å². The van der Waals surface area contributed by atoms with Crippen molar-refractivity contribution in [1.82, 2.24) is 0 Å². The molecule has 6 atom stereocenters. The van der Waals surface area contributed by atoms with E-state index in [1.54, 1.807) is 0 Å². The molecule has 0 saturated heterocycles. The van der Waals surface area contributed by atoms with E-state index in [-0.39, 0.29) is 49.5 Å². The standard InChI is InChI=1S/C38H54O11/c1-2-44-32-17-19-34(37(41)42)35(23-32)38(43)48-29-12-8-25(9-13-29)26-10-14-30(15-11-26)49-47-24-27-22-31(16-18-33(27)36(39)40)46-21-20-45-28-6-4-3-5-7-28/h1,25-35H,3-19,22-24H2,(H,39,40)(H,41,42). The Morgan fingerprint density at radius 2 is 1.12 bits per heavy atom. The maximum atomic E-state index is 13.0. The molecular formula is C38H54O11. The van der Waals surface area contributed by atoms with E-state index < -0.39 is 35.7 Å². The van der Waals surface area contributed by atoms with Crippen molar-refractivity contribution in [2.75, 3.05) is 6.61 Å². The molecule has 5 rings (SSSR count). The molecule has 6 unspecified atom stereocenters. The lowest BCUT2D eigenvalue weighted by atomic mass is 9.72. The second-order valence-electron chi connectivity index (χ2n) is 15.0. The maximum absolute atomic E-state index is 13.0. The van der Waals surface area contributed by atoms with Crippen molar-refractivity contribution in [3.8, 4) is 24.7 Å². The fraction of sp³-hybridized carbons (Fsp3) is 0.816. The molecule has 5 fully saturated rings. The lowest BCUT2D eigenvalue weighted by Gasteiger charge is -2.38. The van der Waals surface area contributed by atoms with Gasteiger partial charge in [0.2, 0.25) is 0 Å². The van der Waals surface area contributed by atoms with Crippen LogP contribution in [0.4, 0.5) is 0 Å². The first-order valence-corrected chi connectivity index (χ1v) is 18.7. The molecule has 5 aliphatic rings. The molecule has 49 heavy (non-hydrogen) atoms. The van der Waals surface area contributed by atoms with Crippen molar-refractivity contribution in [3.05, 3.63) is 0 Å². The van der Waals surface area contributed by atoms with Gasteiger partial charge in [-0.15, -0.1) is 0 Å². The van der Waals surface area contributed by atoms with Crippen LogP contribution in [-0.2, 0) is 43.1 Å². The molecule has 11 heteroatoms. The number of carbonyl (C=O) groups is 3. The SMILES string of the molecule is C#COC1CCC(C(=O)O)C(C(=O)OC2CCC(C3CCC(OOCC4CC(OC#COC5CCCCC5)CCC4C(=O)O)CC3)CC2)C1. The van der Waals surface area contributed by atoms with Crippen molar-refractivity contribution in [1.29, 1.82) is 0 Å². The first kappa shape index (κ1) is 37.1. The Kier molecular flexibility index (Phi) is 14.2. The molecule has 5 aliphatic carbocycles. The lowest BCUT2D eigenvalue weighted by Crippen LogP contribution is -2.40. The minimum atomic E-state index is -0.979. The van der Waals surface area contributed by atoms with E-state index in [0.717, 1.165) is 64.2 Å². The van der Waals surface area contributed by atoms with Crippen molar-refractivity contribution in [3.63, 3.8) is 0 Å². The highest BCUT2D eigenvalue weighted by Gasteiger charge is 2.43. The third kappa shape index (κ3) is 10.9. The zero-order valence-corrected chi connectivity index (χ0v) is 28.6. The summed E-state index contributed by atoms with van der Waals surface area (Å²) in [5.41, 5.74) is 0. The summed E-state index contributed by atoms with van der Waals surface area (Å²) in [5.74, 6) is -3.35. The molecular weight excluding hydrogens is 632 g/mol. The van der Waals surface area contributed by atoms with Crippen LogP contribution in [0.25, 0.3) is 0 Å². The molecule has 0 spiro atoms. The van der Waals surface area contributed by atoms with Gasteiger partial charge in [-0.05, 0) is 127 Å². The zero-order valence-electron chi connectivity index (χ0n) is 28.6. The van der Waals surface area contributed by atoms with Crippen molar-refractivity contribution in [2.24, 2.45) is 35.5 Å². The van der Waals surface area contributed by atoms with E-state index in [4.69, 9.17) is 35.1 Å². The number of rotatable bonds is 12. The fourth-order valence-corrected chi connectivity index (χ4v) is 8.94. The number of aliphatic carboxylic acids is 2. The van der Waals surface area contributed by atoms with E-state index >= 15 is 0 Å². The summed E-state index contributed by atoms with van der Waals surface area (Å²) >= 11 is 0. The van der Waals surface area contributed by atoms with Gasteiger partial charge in [0.1, 0.15) is 30.5 Å². The van der Waals surface area contributed by atoms with Gasteiger partial charge in [-0.3, -0.25) is 14.4 Å². The third-order valence-electron chi connectivity index (χ3n) is 11.8. The van der Waals surface area contributed by atoms with E-state index in [1.165, 1.54) is 19.3 Å². The molecule has 5 saturated carbocycles. The maximum Gasteiger partial charge on any atom is 0.310 e. The summed E-state index contributed by atoms with van der Waals surface area (Å²) in [6.07, 6.45) is 28.1. The average molecular weight is 687 g/mol. The highest BCUT2D eigenvalue weighted by atomic mass is 17.2. The van der Waals surface area contributed by atoms with Gasteiger partial charge in [-0.2, -0.15) is 0 Å². The third-order valence-corrected chi connectivity index (χ3v) is 11.8. The monoisotopic (exact) mass is 686 g/mol. The first-order chi connectivity index (χ1) is 23.8. The molecule has 0 aliphatic heterocycles. The predicted molar refractivity (Wildman–Crippen MR) is 176 cm³/mol. The Bertz CT molecular complexity index is 1180. The van der Waals surface area contributed by atoms with Crippen LogP contribution in [0.2, 0.25) is 0 Å². The van der Waals surface area contributed by atoms with Crippen molar-refractivity contribution >= 4 is 17.9 Å². The number of terminal acetylenes is 1. The van der Waals surface area contributed by atoms with E-state index in [9.17, 15) is 24.6 Å².